The number of benzene rings is 1. The number of amides is 1. The van der Waals surface area contributed by atoms with Crippen LogP contribution in [0.1, 0.15) is 24.9 Å². The van der Waals surface area contributed by atoms with Gasteiger partial charge in [0.2, 0.25) is 5.91 Å². The van der Waals surface area contributed by atoms with Crippen molar-refractivity contribution < 1.29 is 9.53 Å². The molecule has 0 bridgehead atoms. The van der Waals surface area contributed by atoms with Crippen molar-refractivity contribution in [2.75, 3.05) is 14.2 Å². The molecule has 0 radical (unpaired) electrons. The lowest BCUT2D eigenvalue weighted by molar-refractivity contribution is -0.131. The average molecular weight is 353 g/mol. The Balaban J connectivity index is 1.62. The maximum absolute atomic E-state index is 12.5. The Morgan fingerprint density at radius 3 is 2.96 bits per heavy atom. The molecular formula is C19H23N5O2. The van der Waals surface area contributed by atoms with Gasteiger partial charge in [0.1, 0.15) is 5.75 Å². The third-order valence-corrected chi connectivity index (χ3v) is 4.30. The molecule has 7 heteroatoms. The van der Waals surface area contributed by atoms with Crippen LogP contribution in [0.5, 0.6) is 5.75 Å². The normalized spacial score (nSPS) is 12.0. The van der Waals surface area contributed by atoms with Gasteiger partial charge in [0, 0.05) is 56.3 Å². The number of hydrogen-bond acceptors (Lipinski definition) is 4. The fraction of sp³-hybridized carbons (Fsp3) is 0.316. The van der Waals surface area contributed by atoms with Gasteiger partial charge in [-0.05, 0) is 19.1 Å². The van der Waals surface area contributed by atoms with Crippen molar-refractivity contribution >= 4 is 5.91 Å². The summed E-state index contributed by atoms with van der Waals surface area (Å²) in [5.74, 6) is 0.862. The highest BCUT2D eigenvalue weighted by molar-refractivity contribution is 5.76. The third-order valence-electron chi connectivity index (χ3n) is 4.30. The molecule has 0 saturated carbocycles. The topological polar surface area (TPSA) is 65.2 Å². The van der Waals surface area contributed by atoms with Crippen molar-refractivity contribution in [3.63, 3.8) is 0 Å². The average Bonchev–Trinajstić information content (AvgIpc) is 3.33. The minimum Gasteiger partial charge on any atom is -0.497 e. The molecule has 0 N–H and O–H groups in total. The molecule has 0 fully saturated rings. The van der Waals surface area contributed by atoms with E-state index in [2.05, 4.69) is 10.1 Å². The van der Waals surface area contributed by atoms with Gasteiger partial charge in [-0.1, -0.05) is 6.07 Å². The van der Waals surface area contributed by atoms with Crippen LogP contribution in [0, 0.1) is 0 Å². The lowest BCUT2D eigenvalue weighted by atomic mass is 10.2. The molecule has 136 valence electrons. The Morgan fingerprint density at radius 1 is 1.38 bits per heavy atom. The molecule has 26 heavy (non-hydrogen) atoms. The number of carbonyl (C=O) groups is 1. The monoisotopic (exact) mass is 353 g/mol. The van der Waals surface area contributed by atoms with Crippen molar-refractivity contribution in [3.8, 4) is 11.4 Å². The van der Waals surface area contributed by atoms with E-state index in [4.69, 9.17) is 4.74 Å². The van der Waals surface area contributed by atoms with E-state index in [9.17, 15) is 4.79 Å². The lowest BCUT2D eigenvalue weighted by Gasteiger charge is -2.19. The first-order valence-electron chi connectivity index (χ1n) is 8.46. The molecule has 2 heterocycles. The van der Waals surface area contributed by atoms with Gasteiger partial charge in [-0.15, -0.1) is 0 Å². The molecular weight excluding hydrogens is 330 g/mol. The summed E-state index contributed by atoms with van der Waals surface area (Å²) < 4.78 is 8.97. The van der Waals surface area contributed by atoms with Gasteiger partial charge in [-0.3, -0.25) is 4.79 Å². The first-order valence-corrected chi connectivity index (χ1v) is 8.46. The zero-order valence-electron chi connectivity index (χ0n) is 15.2. The number of imidazole rings is 1. The van der Waals surface area contributed by atoms with Gasteiger partial charge >= 0.3 is 0 Å². The van der Waals surface area contributed by atoms with Crippen molar-refractivity contribution in [2.24, 2.45) is 0 Å². The quantitative estimate of drug-likeness (QED) is 0.655. The first kappa shape index (κ1) is 17.7. The molecule has 1 aromatic carbocycles. The van der Waals surface area contributed by atoms with Gasteiger partial charge in [0.15, 0.2) is 0 Å². The molecule has 0 aliphatic rings. The van der Waals surface area contributed by atoms with Gasteiger partial charge < -0.3 is 14.2 Å². The molecule has 0 aliphatic carbocycles. The summed E-state index contributed by atoms with van der Waals surface area (Å²) >= 11 is 0. The van der Waals surface area contributed by atoms with Crippen LogP contribution in [0.4, 0.5) is 0 Å². The number of methoxy groups -OCH3 is 1. The van der Waals surface area contributed by atoms with E-state index in [0.29, 0.717) is 13.0 Å². The number of aromatic nitrogens is 4. The van der Waals surface area contributed by atoms with Crippen LogP contribution in [-0.2, 0) is 11.3 Å². The Morgan fingerprint density at radius 2 is 2.23 bits per heavy atom. The molecule has 3 rings (SSSR count). The molecule has 0 saturated heterocycles. The third kappa shape index (κ3) is 4.11. The Bertz CT molecular complexity index is 856. The Hall–Kier alpha value is -3.09. The minimum atomic E-state index is 0.0759. The summed E-state index contributed by atoms with van der Waals surface area (Å²) in [5.41, 5.74) is 1.89. The maximum Gasteiger partial charge on any atom is 0.224 e. The predicted octanol–water partition coefficient (Wildman–Crippen LogP) is 2.69. The number of nitrogens with zero attached hydrogens (tertiary/aromatic N) is 5. The van der Waals surface area contributed by atoms with E-state index in [-0.39, 0.29) is 11.9 Å². The Kier molecular flexibility index (Phi) is 5.36. The molecule has 1 atom stereocenters. The highest BCUT2D eigenvalue weighted by Crippen LogP contribution is 2.17. The minimum absolute atomic E-state index is 0.0759. The van der Waals surface area contributed by atoms with Gasteiger partial charge in [0.05, 0.1) is 25.3 Å². The largest absolute Gasteiger partial charge is 0.497 e. The second-order valence-electron chi connectivity index (χ2n) is 6.31. The molecule has 0 spiro atoms. The second kappa shape index (κ2) is 7.86. The van der Waals surface area contributed by atoms with E-state index in [1.54, 1.807) is 35.4 Å². The molecule has 1 amide bonds. The number of rotatable bonds is 7. The van der Waals surface area contributed by atoms with E-state index >= 15 is 0 Å². The van der Waals surface area contributed by atoms with Crippen molar-refractivity contribution in [1.29, 1.82) is 0 Å². The fourth-order valence-corrected chi connectivity index (χ4v) is 2.74. The summed E-state index contributed by atoms with van der Waals surface area (Å²) in [7, 11) is 3.45. The molecule has 3 aromatic rings. The van der Waals surface area contributed by atoms with Crippen LogP contribution < -0.4 is 4.74 Å². The molecule has 0 unspecified atom stereocenters. The van der Waals surface area contributed by atoms with Crippen LogP contribution in [0.2, 0.25) is 0 Å². The van der Waals surface area contributed by atoms with E-state index in [1.807, 2.05) is 55.2 Å². The zero-order chi connectivity index (χ0) is 18.5. The summed E-state index contributed by atoms with van der Waals surface area (Å²) in [4.78, 5) is 18.2. The van der Waals surface area contributed by atoms with Crippen molar-refractivity contribution in [1.82, 2.24) is 24.2 Å². The van der Waals surface area contributed by atoms with Gasteiger partial charge in [-0.25, -0.2) is 9.67 Å². The Labute approximate surface area is 152 Å². The predicted molar refractivity (Wildman–Crippen MR) is 98.1 cm³/mol. The zero-order valence-corrected chi connectivity index (χ0v) is 15.2. The smallest absolute Gasteiger partial charge is 0.224 e. The van der Waals surface area contributed by atoms with Crippen LogP contribution in [0.25, 0.3) is 5.69 Å². The number of carbonyl (C=O) groups excluding carboxylic acids is 1. The van der Waals surface area contributed by atoms with Crippen LogP contribution in [-0.4, -0.2) is 44.3 Å². The lowest BCUT2D eigenvalue weighted by Crippen LogP contribution is -2.27. The van der Waals surface area contributed by atoms with Crippen LogP contribution in [0.3, 0.4) is 0 Å². The number of ether oxygens (including phenoxy) is 1. The van der Waals surface area contributed by atoms with E-state index in [1.165, 1.54) is 0 Å². The highest BCUT2D eigenvalue weighted by atomic mass is 16.5. The highest BCUT2D eigenvalue weighted by Gasteiger charge is 2.15. The maximum atomic E-state index is 12.5. The molecule has 0 aliphatic heterocycles. The SMILES string of the molecule is COc1cccc(-n2cc(CN(C)C(=O)C[C@H](C)n3ccnc3)cn2)c1. The van der Waals surface area contributed by atoms with E-state index < -0.39 is 0 Å². The number of hydrogen-bond donors (Lipinski definition) is 0. The van der Waals surface area contributed by atoms with Gasteiger partial charge in [-0.2, -0.15) is 5.10 Å². The van der Waals surface area contributed by atoms with Crippen molar-refractivity contribution in [3.05, 3.63) is 60.9 Å². The summed E-state index contributed by atoms with van der Waals surface area (Å²) in [6.07, 6.45) is 9.46. The van der Waals surface area contributed by atoms with Crippen LogP contribution in [0.15, 0.2) is 55.4 Å². The standard InChI is InChI=1S/C19H23N5O2/c1-15(23-8-7-20-14-23)9-19(25)22(2)12-16-11-21-24(13-16)17-5-4-6-18(10-17)26-3/h4-8,10-11,13-15H,9,12H2,1-3H3/t15-/m0/s1. The summed E-state index contributed by atoms with van der Waals surface area (Å²) in [5, 5.41) is 4.39. The summed E-state index contributed by atoms with van der Waals surface area (Å²) in [6, 6.07) is 7.76. The first-order chi connectivity index (χ1) is 12.6. The van der Waals surface area contributed by atoms with Crippen LogP contribution >= 0.6 is 0 Å². The molecule has 2 aromatic heterocycles. The fourth-order valence-electron chi connectivity index (χ4n) is 2.74. The van der Waals surface area contributed by atoms with E-state index in [0.717, 1.165) is 17.0 Å². The van der Waals surface area contributed by atoms with Crippen molar-refractivity contribution in [2.45, 2.75) is 25.9 Å². The van der Waals surface area contributed by atoms with Gasteiger partial charge in [0.25, 0.3) is 0 Å². The second-order valence-corrected chi connectivity index (χ2v) is 6.31. The molecule has 7 nitrogen and oxygen atoms in total. The summed E-state index contributed by atoms with van der Waals surface area (Å²) in [6.45, 7) is 2.52.